The third-order valence-electron chi connectivity index (χ3n) is 7.12. The first-order valence-corrected chi connectivity index (χ1v) is 15.0. The summed E-state index contributed by atoms with van der Waals surface area (Å²) in [7, 11) is 3.74. The van der Waals surface area contributed by atoms with E-state index in [0.29, 0.717) is 45.3 Å². The summed E-state index contributed by atoms with van der Waals surface area (Å²) in [4.78, 5) is 9.28. The first-order chi connectivity index (χ1) is 21.4. The fraction of sp³-hybridized carbons (Fsp3) is 0.281. The maximum absolute atomic E-state index is 15.1. The summed E-state index contributed by atoms with van der Waals surface area (Å²) >= 11 is 11.1. The number of hydrogen-bond acceptors (Lipinski definition) is 8. The van der Waals surface area contributed by atoms with Crippen molar-refractivity contribution in [2.24, 2.45) is 5.10 Å². The van der Waals surface area contributed by atoms with Crippen LogP contribution in [-0.2, 0) is 0 Å². The molecule has 0 spiro atoms. The number of anilines is 1. The number of rotatable bonds is 11. The molecular weight excluding hydrogens is 603 g/mol. The molecule has 0 bridgehead atoms. The van der Waals surface area contributed by atoms with Gasteiger partial charge < -0.3 is 29.3 Å². The van der Waals surface area contributed by atoms with Gasteiger partial charge in [0.2, 0.25) is 0 Å². The number of halogens is 2. The highest BCUT2D eigenvalue weighted by atomic mass is 35.5. The molecule has 3 aromatic carbocycles. The molecule has 2 heterocycles. The standard InChI is InChI=1S/C32H34ClFN6O3S/c1-39-13-15-40(16-14-39)12-3-17-42-31-20-27-25(19-30(31)41-2)28(10-11-35-27)43-29-9-4-22(18-26(29)34)21-36-38-32(44)37-24-7-5-23(33)6-8-24/h4-11,18-21H,3,12-17H2,1-2H3,(H2,37,38,44)/b36-21+. The van der Waals surface area contributed by atoms with E-state index in [1.807, 2.05) is 6.07 Å². The van der Waals surface area contributed by atoms with Crippen LogP contribution in [0, 0.1) is 5.82 Å². The van der Waals surface area contributed by atoms with Gasteiger partial charge in [0.25, 0.3) is 0 Å². The average Bonchev–Trinajstić information content (AvgIpc) is 3.02. The van der Waals surface area contributed by atoms with Crippen molar-refractivity contribution < 1.29 is 18.6 Å². The van der Waals surface area contributed by atoms with Crippen LogP contribution < -0.4 is 25.0 Å². The highest BCUT2D eigenvalue weighted by Crippen LogP contribution is 2.37. The molecule has 0 unspecified atom stereocenters. The number of aromatic nitrogens is 1. The minimum absolute atomic E-state index is 0.0609. The third kappa shape index (κ3) is 8.54. The highest BCUT2D eigenvalue weighted by Gasteiger charge is 2.15. The summed E-state index contributed by atoms with van der Waals surface area (Å²) in [5, 5.41) is 8.64. The number of piperazine rings is 1. The average molecular weight is 637 g/mol. The largest absolute Gasteiger partial charge is 0.493 e. The van der Waals surface area contributed by atoms with E-state index >= 15 is 4.39 Å². The molecule has 2 N–H and O–H groups in total. The van der Waals surface area contributed by atoms with Gasteiger partial charge in [-0.15, -0.1) is 0 Å². The lowest BCUT2D eigenvalue weighted by molar-refractivity contribution is 0.145. The Bertz CT molecular complexity index is 1620. The number of nitrogens with zero attached hydrogens (tertiary/aromatic N) is 4. The molecule has 1 aliphatic rings. The molecule has 1 aliphatic heterocycles. The molecule has 0 atom stereocenters. The minimum atomic E-state index is -0.548. The molecule has 12 heteroatoms. The zero-order valence-electron chi connectivity index (χ0n) is 24.6. The van der Waals surface area contributed by atoms with Gasteiger partial charge in [-0.25, -0.2) is 4.39 Å². The Hall–Kier alpha value is -4.03. The van der Waals surface area contributed by atoms with Crippen molar-refractivity contribution in [2.75, 3.05) is 58.8 Å². The molecule has 5 rings (SSSR count). The number of fused-ring (bicyclic) bond motifs is 1. The van der Waals surface area contributed by atoms with Crippen molar-refractivity contribution in [3.8, 4) is 23.0 Å². The predicted molar refractivity (Wildman–Crippen MR) is 177 cm³/mol. The van der Waals surface area contributed by atoms with Crippen LogP contribution in [0.2, 0.25) is 5.02 Å². The van der Waals surface area contributed by atoms with Gasteiger partial charge in [0.05, 0.1) is 25.4 Å². The Morgan fingerprint density at radius 1 is 1.02 bits per heavy atom. The van der Waals surface area contributed by atoms with Crippen LogP contribution in [0.1, 0.15) is 12.0 Å². The van der Waals surface area contributed by atoms with Crippen LogP contribution in [0.4, 0.5) is 10.1 Å². The van der Waals surface area contributed by atoms with E-state index < -0.39 is 5.82 Å². The zero-order valence-corrected chi connectivity index (χ0v) is 26.1. The van der Waals surface area contributed by atoms with Crippen LogP contribution >= 0.6 is 23.8 Å². The molecule has 44 heavy (non-hydrogen) atoms. The van der Waals surface area contributed by atoms with Gasteiger partial charge in [-0.3, -0.25) is 10.4 Å². The Balaban J connectivity index is 1.19. The van der Waals surface area contributed by atoms with Crippen LogP contribution in [0.3, 0.4) is 0 Å². The molecule has 0 saturated carbocycles. The van der Waals surface area contributed by atoms with E-state index in [1.165, 1.54) is 12.3 Å². The van der Waals surface area contributed by atoms with E-state index in [9.17, 15) is 0 Å². The van der Waals surface area contributed by atoms with E-state index in [2.05, 4.69) is 37.7 Å². The summed E-state index contributed by atoms with van der Waals surface area (Å²) < 4.78 is 32.7. The number of likely N-dealkylation sites (N-methyl/N-ethyl adjacent to an activating group) is 1. The number of pyridine rings is 1. The van der Waals surface area contributed by atoms with Crippen molar-refractivity contribution in [1.82, 2.24) is 20.2 Å². The molecule has 0 amide bonds. The van der Waals surface area contributed by atoms with Crippen LogP contribution in [-0.4, -0.2) is 79.6 Å². The lowest BCUT2D eigenvalue weighted by Crippen LogP contribution is -2.44. The third-order valence-corrected chi connectivity index (χ3v) is 7.56. The molecule has 1 aromatic heterocycles. The summed E-state index contributed by atoms with van der Waals surface area (Å²) in [6.07, 6.45) is 3.99. The van der Waals surface area contributed by atoms with Crippen molar-refractivity contribution in [2.45, 2.75) is 6.42 Å². The molecular formula is C32H34ClFN6O3S. The molecule has 230 valence electrons. The second-order valence-corrected chi connectivity index (χ2v) is 11.1. The van der Waals surface area contributed by atoms with Gasteiger partial charge in [-0.1, -0.05) is 11.6 Å². The van der Waals surface area contributed by atoms with Crippen molar-refractivity contribution in [1.29, 1.82) is 0 Å². The molecule has 1 fully saturated rings. The van der Waals surface area contributed by atoms with Crippen LogP contribution in [0.25, 0.3) is 10.9 Å². The van der Waals surface area contributed by atoms with Crippen molar-refractivity contribution >= 4 is 51.7 Å². The highest BCUT2D eigenvalue weighted by molar-refractivity contribution is 7.80. The minimum Gasteiger partial charge on any atom is -0.493 e. The van der Waals surface area contributed by atoms with Gasteiger partial charge in [0.1, 0.15) is 5.75 Å². The van der Waals surface area contributed by atoms with E-state index in [0.717, 1.165) is 44.8 Å². The van der Waals surface area contributed by atoms with Gasteiger partial charge >= 0.3 is 0 Å². The number of nitrogens with one attached hydrogen (secondary N) is 2. The summed E-state index contributed by atoms with van der Waals surface area (Å²) in [6, 6.07) is 17.0. The Morgan fingerprint density at radius 2 is 1.82 bits per heavy atom. The van der Waals surface area contributed by atoms with E-state index in [1.54, 1.807) is 61.8 Å². The number of benzene rings is 3. The monoisotopic (exact) mass is 636 g/mol. The van der Waals surface area contributed by atoms with Crippen molar-refractivity contribution in [3.05, 3.63) is 83.3 Å². The maximum Gasteiger partial charge on any atom is 0.191 e. The van der Waals surface area contributed by atoms with Crippen LogP contribution in [0.15, 0.2) is 72.0 Å². The number of thiocarbonyl (C=S) groups is 1. The van der Waals surface area contributed by atoms with Gasteiger partial charge in [-0.05, 0) is 85.8 Å². The number of hydrazone groups is 1. The Morgan fingerprint density at radius 3 is 2.57 bits per heavy atom. The normalized spacial score (nSPS) is 14.1. The maximum atomic E-state index is 15.1. The first kappa shape index (κ1) is 31.4. The topological polar surface area (TPSA) is 83.5 Å². The van der Waals surface area contributed by atoms with Gasteiger partial charge in [0.15, 0.2) is 28.2 Å². The Labute approximate surface area is 266 Å². The smallest absolute Gasteiger partial charge is 0.191 e. The Kier molecular flexibility index (Phi) is 10.8. The lowest BCUT2D eigenvalue weighted by atomic mass is 10.1. The van der Waals surface area contributed by atoms with Crippen molar-refractivity contribution in [3.63, 3.8) is 0 Å². The SMILES string of the molecule is COc1cc2c(Oc3ccc(/C=N/NC(=S)Nc4ccc(Cl)cc4)cc3F)ccnc2cc1OCCCN1CCN(C)CC1. The summed E-state index contributed by atoms with van der Waals surface area (Å²) in [6.45, 7) is 5.89. The predicted octanol–water partition coefficient (Wildman–Crippen LogP) is 6.17. The fourth-order valence-corrected chi connectivity index (χ4v) is 4.98. The number of hydrogen-bond donors (Lipinski definition) is 2. The second kappa shape index (κ2) is 15.1. The van der Waals surface area contributed by atoms with Crippen LogP contribution in [0.5, 0.6) is 23.0 Å². The van der Waals surface area contributed by atoms with E-state index in [4.69, 9.17) is 38.0 Å². The molecule has 4 aromatic rings. The first-order valence-electron chi connectivity index (χ1n) is 14.2. The second-order valence-electron chi connectivity index (χ2n) is 10.3. The molecule has 0 aliphatic carbocycles. The van der Waals surface area contributed by atoms with Gasteiger partial charge in [0, 0.05) is 61.1 Å². The van der Waals surface area contributed by atoms with E-state index in [-0.39, 0.29) is 10.9 Å². The summed E-state index contributed by atoms with van der Waals surface area (Å²) in [5.74, 6) is 1.11. The molecule has 9 nitrogen and oxygen atoms in total. The molecule has 1 saturated heterocycles. The lowest BCUT2D eigenvalue weighted by Gasteiger charge is -2.32. The summed E-state index contributed by atoms with van der Waals surface area (Å²) in [5.41, 5.74) is 4.64. The zero-order chi connectivity index (χ0) is 30.9. The molecule has 0 radical (unpaired) electrons. The number of ether oxygens (including phenoxy) is 3. The number of methoxy groups -OCH3 is 1. The fourth-order valence-electron chi connectivity index (χ4n) is 4.69. The quantitative estimate of drug-likeness (QED) is 0.0870. The van der Waals surface area contributed by atoms with Gasteiger partial charge in [-0.2, -0.15) is 5.10 Å².